The second kappa shape index (κ2) is 7.16. The highest BCUT2D eigenvalue weighted by Crippen LogP contribution is 2.32. The van der Waals surface area contributed by atoms with E-state index in [-0.39, 0.29) is 16.0 Å². The van der Waals surface area contributed by atoms with Gasteiger partial charge in [0, 0.05) is 11.6 Å². The van der Waals surface area contributed by atoms with Crippen molar-refractivity contribution < 1.29 is 4.92 Å². The van der Waals surface area contributed by atoms with E-state index >= 15 is 0 Å². The van der Waals surface area contributed by atoms with Crippen molar-refractivity contribution in [1.29, 1.82) is 0 Å². The molecule has 3 nitrogen and oxygen atoms in total. The molecule has 1 aliphatic carbocycles. The van der Waals surface area contributed by atoms with Crippen LogP contribution >= 0.6 is 0 Å². The fourth-order valence-corrected chi connectivity index (χ4v) is 3.28. The quantitative estimate of drug-likeness (QED) is 0.518. The van der Waals surface area contributed by atoms with Crippen LogP contribution in [-0.4, -0.2) is 4.92 Å². The number of benzene rings is 1. The summed E-state index contributed by atoms with van der Waals surface area (Å²) in [7, 11) is 0. The van der Waals surface area contributed by atoms with Crippen molar-refractivity contribution in [2.24, 2.45) is 5.92 Å². The third-order valence-corrected chi connectivity index (χ3v) is 4.72. The van der Waals surface area contributed by atoms with E-state index in [1.54, 1.807) is 6.08 Å². The molecule has 0 unspecified atom stereocenters. The smallest absolute Gasteiger partial charge is 0.258 e. The summed E-state index contributed by atoms with van der Waals surface area (Å²) in [5.41, 5.74) is 4.95. The zero-order chi connectivity index (χ0) is 17.9. The molecule has 0 fully saturated rings. The van der Waals surface area contributed by atoms with E-state index < -0.39 is 0 Å². The maximum absolute atomic E-state index is 11.2. The minimum Gasteiger partial charge on any atom is -0.258 e. The average Bonchev–Trinajstić information content (AvgIpc) is 2.49. The highest BCUT2D eigenvalue weighted by Gasteiger charge is 2.22. The molecular weight excluding hydrogens is 298 g/mol. The Kier molecular flexibility index (Phi) is 5.43. The van der Waals surface area contributed by atoms with E-state index in [4.69, 9.17) is 0 Å². The van der Waals surface area contributed by atoms with Gasteiger partial charge in [-0.1, -0.05) is 62.8 Å². The van der Waals surface area contributed by atoms with Gasteiger partial charge in [-0.2, -0.15) is 0 Å². The van der Waals surface area contributed by atoms with Crippen LogP contribution in [0.3, 0.4) is 0 Å². The second-order valence-corrected chi connectivity index (χ2v) is 7.52. The van der Waals surface area contributed by atoms with Crippen molar-refractivity contribution in [2.45, 2.75) is 52.9 Å². The Morgan fingerprint density at radius 1 is 1.33 bits per heavy atom. The standard InChI is InChI=1S/C21H27NO2/c1-15-9-11-20(22(23)24)18(13-15)7-6-12-21(4,5)19-14-16(2)8-10-17(19)3/h6-11,14-15H,12-13H2,1-5H3/b7-6+/t15-/m1/s1. The van der Waals surface area contributed by atoms with E-state index in [0.717, 1.165) is 18.4 Å². The Balaban J connectivity index is 2.21. The first-order valence-corrected chi connectivity index (χ1v) is 8.51. The monoisotopic (exact) mass is 325 g/mol. The predicted molar refractivity (Wildman–Crippen MR) is 99.6 cm³/mol. The van der Waals surface area contributed by atoms with Crippen molar-refractivity contribution in [3.05, 3.63) is 80.6 Å². The van der Waals surface area contributed by atoms with Crippen molar-refractivity contribution in [1.82, 2.24) is 0 Å². The highest BCUT2D eigenvalue weighted by atomic mass is 16.6. The third-order valence-electron chi connectivity index (χ3n) is 4.72. The first-order valence-electron chi connectivity index (χ1n) is 8.51. The van der Waals surface area contributed by atoms with Crippen LogP contribution in [-0.2, 0) is 5.41 Å². The van der Waals surface area contributed by atoms with Crippen LogP contribution in [0, 0.1) is 29.9 Å². The Hall–Kier alpha value is -2.16. The van der Waals surface area contributed by atoms with Gasteiger partial charge >= 0.3 is 0 Å². The first kappa shape index (κ1) is 18.2. The lowest BCUT2D eigenvalue weighted by atomic mass is 9.78. The van der Waals surface area contributed by atoms with Gasteiger partial charge in [0.1, 0.15) is 0 Å². The lowest BCUT2D eigenvalue weighted by molar-refractivity contribution is -0.420. The normalized spacial score (nSPS) is 18.5. The average molecular weight is 325 g/mol. The van der Waals surface area contributed by atoms with Crippen molar-refractivity contribution in [3.63, 3.8) is 0 Å². The van der Waals surface area contributed by atoms with Crippen molar-refractivity contribution >= 4 is 0 Å². The van der Waals surface area contributed by atoms with Gasteiger partial charge in [-0.25, -0.2) is 0 Å². The summed E-state index contributed by atoms with van der Waals surface area (Å²) in [6.45, 7) is 10.8. The minimum atomic E-state index is -0.280. The van der Waals surface area contributed by atoms with E-state index in [1.807, 2.05) is 12.2 Å². The molecule has 24 heavy (non-hydrogen) atoms. The number of hydrogen-bond donors (Lipinski definition) is 0. The van der Waals surface area contributed by atoms with E-state index in [2.05, 4.69) is 58.9 Å². The van der Waals surface area contributed by atoms with E-state index in [9.17, 15) is 10.1 Å². The molecule has 0 saturated carbocycles. The molecule has 1 aromatic rings. The molecule has 0 aromatic heterocycles. The number of allylic oxidation sites excluding steroid dienone is 5. The molecule has 0 spiro atoms. The van der Waals surface area contributed by atoms with E-state index in [0.29, 0.717) is 5.92 Å². The molecule has 1 aliphatic rings. The molecule has 2 rings (SSSR count). The summed E-state index contributed by atoms with van der Waals surface area (Å²) in [6, 6.07) is 6.54. The van der Waals surface area contributed by atoms with Crippen molar-refractivity contribution in [3.8, 4) is 0 Å². The van der Waals surface area contributed by atoms with Gasteiger partial charge in [-0.05, 0) is 49.1 Å². The van der Waals surface area contributed by atoms with Crippen LogP contribution in [0.25, 0.3) is 0 Å². The molecule has 0 amide bonds. The van der Waals surface area contributed by atoms with Crippen LogP contribution in [0.2, 0.25) is 0 Å². The molecule has 0 heterocycles. The topological polar surface area (TPSA) is 43.1 Å². The zero-order valence-corrected chi connectivity index (χ0v) is 15.3. The SMILES string of the molecule is Cc1ccc(C)c(C(C)(C)C/C=C/C2=C([N+](=O)[O-])C=C[C@@H](C)C2)c1. The molecule has 0 saturated heterocycles. The lowest BCUT2D eigenvalue weighted by Gasteiger charge is -2.26. The van der Waals surface area contributed by atoms with Gasteiger partial charge in [0.05, 0.1) is 4.92 Å². The van der Waals surface area contributed by atoms with Gasteiger partial charge in [0.2, 0.25) is 0 Å². The fourth-order valence-electron chi connectivity index (χ4n) is 3.28. The maximum Gasteiger partial charge on any atom is 0.272 e. The summed E-state index contributed by atoms with van der Waals surface area (Å²) in [5, 5.41) is 11.2. The zero-order valence-electron chi connectivity index (χ0n) is 15.3. The van der Waals surface area contributed by atoms with Gasteiger partial charge in [-0.15, -0.1) is 0 Å². The predicted octanol–water partition coefficient (Wildman–Crippen LogP) is 5.65. The number of nitro groups is 1. The molecule has 1 atom stereocenters. The van der Waals surface area contributed by atoms with Crippen LogP contribution in [0.5, 0.6) is 0 Å². The van der Waals surface area contributed by atoms with Gasteiger partial charge in [0.15, 0.2) is 0 Å². The van der Waals surface area contributed by atoms with Crippen LogP contribution in [0.4, 0.5) is 0 Å². The van der Waals surface area contributed by atoms with E-state index in [1.165, 1.54) is 16.7 Å². The van der Waals surface area contributed by atoms with Gasteiger partial charge in [0.25, 0.3) is 5.70 Å². The Morgan fingerprint density at radius 3 is 2.71 bits per heavy atom. The minimum absolute atomic E-state index is 0.00192. The van der Waals surface area contributed by atoms with Crippen LogP contribution in [0.1, 0.15) is 50.3 Å². The Morgan fingerprint density at radius 2 is 2.04 bits per heavy atom. The summed E-state index contributed by atoms with van der Waals surface area (Å²) in [4.78, 5) is 10.9. The Bertz CT molecular complexity index is 723. The number of aryl methyl sites for hydroxylation is 2. The number of nitrogens with zero attached hydrogens (tertiary/aromatic N) is 1. The van der Waals surface area contributed by atoms with Crippen molar-refractivity contribution in [2.75, 3.05) is 0 Å². The summed E-state index contributed by atoms with van der Waals surface area (Å²) >= 11 is 0. The molecular formula is C21H27NO2. The molecule has 3 heteroatoms. The third kappa shape index (κ3) is 4.22. The molecule has 0 N–H and O–H groups in total. The Labute approximate surface area is 144 Å². The molecule has 0 bridgehead atoms. The molecule has 0 aliphatic heterocycles. The van der Waals surface area contributed by atoms with Gasteiger partial charge in [-0.3, -0.25) is 10.1 Å². The summed E-state index contributed by atoms with van der Waals surface area (Å²) in [5.74, 6) is 0.348. The number of rotatable bonds is 5. The summed E-state index contributed by atoms with van der Waals surface area (Å²) < 4.78 is 0. The largest absolute Gasteiger partial charge is 0.272 e. The van der Waals surface area contributed by atoms with Crippen LogP contribution in [0.15, 0.2) is 53.8 Å². The molecule has 128 valence electrons. The second-order valence-electron chi connectivity index (χ2n) is 7.52. The van der Waals surface area contributed by atoms with Gasteiger partial charge < -0.3 is 0 Å². The fraction of sp³-hybridized carbons (Fsp3) is 0.429. The summed E-state index contributed by atoms with van der Waals surface area (Å²) in [6.07, 6.45) is 9.17. The molecule has 0 radical (unpaired) electrons. The highest BCUT2D eigenvalue weighted by molar-refractivity contribution is 5.37. The maximum atomic E-state index is 11.2. The first-order chi connectivity index (χ1) is 11.2. The molecule has 1 aromatic carbocycles. The van der Waals surface area contributed by atoms with Crippen LogP contribution < -0.4 is 0 Å². The lowest BCUT2D eigenvalue weighted by Crippen LogP contribution is -2.18. The number of hydrogen-bond acceptors (Lipinski definition) is 2.